The largest absolute Gasteiger partial charge is 0.338 e. The van der Waals surface area contributed by atoms with Crippen LogP contribution in [0.4, 0.5) is 11.8 Å². The number of pyridine rings is 2. The quantitative estimate of drug-likeness (QED) is 0.770. The van der Waals surface area contributed by atoms with Crippen LogP contribution >= 0.6 is 0 Å². The normalized spacial score (nSPS) is 16.3. The lowest BCUT2D eigenvalue weighted by atomic mass is 10.1. The van der Waals surface area contributed by atoms with Gasteiger partial charge in [-0.2, -0.15) is 0 Å². The second-order valence-electron chi connectivity index (χ2n) is 6.63. The molecule has 1 fully saturated rings. The van der Waals surface area contributed by atoms with Crippen LogP contribution in [0.15, 0.2) is 55.1 Å². The molecule has 7 nitrogen and oxygen atoms in total. The van der Waals surface area contributed by atoms with Gasteiger partial charge < -0.3 is 10.2 Å². The minimum absolute atomic E-state index is 0.0156. The van der Waals surface area contributed by atoms with Crippen molar-refractivity contribution in [2.75, 3.05) is 18.4 Å². The predicted molar refractivity (Wildman–Crippen MR) is 102 cm³/mol. The van der Waals surface area contributed by atoms with E-state index in [0.717, 1.165) is 17.7 Å². The van der Waals surface area contributed by atoms with Crippen LogP contribution in [0.2, 0.25) is 0 Å². The van der Waals surface area contributed by atoms with Gasteiger partial charge in [0.1, 0.15) is 5.82 Å². The maximum atomic E-state index is 12.6. The van der Waals surface area contributed by atoms with Gasteiger partial charge in [0.2, 0.25) is 5.95 Å². The van der Waals surface area contributed by atoms with E-state index >= 15 is 0 Å². The standard InChI is InChI=1S/C20H20N6O/c1-14-4-5-18(23-11-14)25-20-22-9-6-17(24-20)16-7-10-26(13-16)19(27)15-3-2-8-21-12-15/h2-6,8-9,11-12,16H,7,10,13H2,1H3,(H,22,23,24,25). The maximum absolute atomic E-state index is 12.6. The summed E-state index contributed by atoms with van der Waals surface area (Å²) < 4.78 is 0. The van der Waals surface area contributed by atoms with Gasteiger partial charge in [-0.15, -0.1) is 0 Å². The Kier molecular flexibility index (Phi) is 4.74. The van der Waals surface area contributed by atoms with Gasteiger partial charge in [-0.25, -0.2) is 15.0 Å². The number of rotatable bonds is 4. The summed E-state index contributed by atoms with van der Waals surface area (Å²) in [4.78, 5) is 31.7. The van der Waals surface area contributed by atoms with Crippen molar-refractivity contribution in [3.05, 3.63) is 71.9 Å². The number of carbonyl (C=O) groups excluding carboxylic acids is 1. The number of anilines is 2. The Bertz CT molecular complexity index is 929. The Morgan fingerprint density at radius 2 is 2.07 bits per heavy atom. The minimum Gasteiger partial charge on any atom is -0.338 e. The molecule has 27 heavy (non-hydrogen) atoms. The van der Waals surface area contributed by atoms with Crippen molar-refractivity contribution in [2.45, 2.75) is 19.3 Å². The fourth-order valence-corrected chi connectivity index (χ4v) is 3.17. The number of carbonyl (C=O) groups is 1. The van der Waals surface area contributed by atoms with Crippen LogP contribution in [0.5, 0.6) is 0 Å². The number of nitrogens with zero attached hydrogens (tertiary/aromatic N) is 5. The second kappa shape index (κ2) is 7.49. The zero-order chi connectivity index (χ0) is 18.6. The molecule has 1 atom stereocenters. The Morgan fingerprint density at radius 3 is 2.85 bits per heavy atom. The van der Waals surface area contributed by atoms with Crippen molar-refractivity contribution in [1.29, 1.82) is 0 Å². The predicted octanol–water partition coefficient (Wildman–Crippen LogP) is 2.95. The first-order chi connectivity index (χ1) is 13.2. The molecule has 0 saturated carbocycles. The fraction of sp³-hybridized carbons (Fsp3) is 0.250. The number of hydrogen-bond acceptors (Lipinski definition) is 6. The molecule has 0 bridgehead atoms. The Morgan fingerprint density at radius 1 is 1.15 bits per heavy atom. The highest BCUT2D eigenvalue weighted by Crippen LogP contribution is 2.27. The van der Waals surface area contributed by atoms with Crippen molar-refractivity contribution in [3.63, 3.8) is 0 Å². The van der Waals surface area contributed by atoms with E-state index in [9.17, 15) is 4.79 Å². The number of nitrogens with one attached hydrogen (secondary N) is 1. The van der Waals surface area contributed by atoms with Gasteiger partial charge in [0.25, 0.3) is 5.91 Å². The van der Waals surface area contributed by atoms with E-state index in [1.165, 1.54) is 0 Å². The smallest absolute Gasteiger partial charge is 0.255 e. The molecule has 4 heterocycles. The van der Waals surface area contributed by atoms with E-state index in [2.05, 4.69) is 25.3 Å². The monoisotopic (exact) mass is 360 g/mol. The van der Waals surface area contributed by atoms with Gasteiger partial charge in [-0.05, 0) is 43.2 Å². The average Bonchev–Trinajstić information content (AvgIpc) is 3.20. The van der Waals surface area contributed by atoms with E-state index in [-0.39, 0.29) is 11.8 Å². The molecule has 1 N–H and O–H groups in total. The molecule has 3 aromatic heterocycles. The van der Waals surface area contributed by atoms with Gasteiger partial charge in [0.15, 0.2) is 0 Å². The Hall–Kier alpha value is -3.35. The van der Waals surface area contributed by atoms with Crippen molar-refractivity contribution in [1.82, 2.24) is 24.8 Å². The summed E-state index contributed by atoms with van der Waals surface area (Å²) >= 11 is 0. The van der Waals surface area contributed by atoms with Crippen LogP contribution in [-0.4, -0.2) is 43.8 Å². The van der Waals surface area contributed by atoms with E-state index < -0.39 is 0 Å². The van der Waals surface area contributed by atoms with Crippen molar-refractivity contribution < 1.29 is 4.79 Å². The van der Waals surface area contributed by atoms with Gasteiger partial charge in [-0.1, -0.05) is 6.07 Å². The SMILES string of the molecule is Cc1ccc(Nc2nccc(C3CCN(C(=O)c4cccnc4)C3)n2)nc1. The molecule has 0 aromatic carbocycles. The summed E-state index contributed by atoms with van der Waals surface area (Å²) in [6, 6.07) is 9.37. The summed E-state index contributed by atoms with van der Waals surface area (Å²) in [5, 5.41) is 3.13. The molecule has 0 radical (unpaired) electrons. The van der Waals surface area contributed by atoms with E-state index in [0.29, 0.717) is 30.4 Å². The number of aryl methyl sites for hydroxylation is 1. The first-order valence-corrected chi connectivity index (χ1v) is 8.91. The fourth-order valence-electron chi connectivity index (χ4n) is 3.17. The first-order valence-electron chi connectivity index (χ1n) is 8.91. The number of amides is 1. The highest BCUT2D eigenvalue weighted by Gasteiger charge is 2.29. The molecule has 0 spiro atoms. The third-order valence-electron chi connectivity index (χ3n) is 4.63. The lowest BCUT2D eigenvalue weighted by Gasteiger charge is -2.16. The summed E-state index contributed by atoms with van der Waals surface area (Å²) in [6.45, 7) is 3.35. The van der Waals surface area contributed by atoms with Crippen LogP contribution in [-0.2, 0) is 0 Å². The molecule has 3 aromatic rings. The van der Waals surface area contributed by atoms with Crippen molar-refractivity contribution in [3.8, 4) is 0 Å². The molecule has 1 unspecified atom stereocenters. The third kappa shape index (κ3) is 3.92. The zero-order valence-corrected chi connectivity index (χ0v) is 15.0. The maximum Gasteiger partial charge on any atom is 0.255 e. The molecule has 136 valence electrons. The third-order valence-corrected chi connectivity index (χ3v) is 4.63. The van der Waals surface area contributed by atoms with Crippen LogP contribution in [0.1, 0.15) is 34.0 Å². The molecule has 1 amide bonds. The van der Waals surface area contributed by atoms with E-state index in [1.54, 1.807) is 36.9 Å². The van der Waals surface area contributed by atoms with E-state index in [4.69, 9.17) is 0 Å². The van der Waals surface area contributed by atoms with Crippen LogP contribution in [0.3, 0.4) is 0 Å². The van der Waals surface area contributed by atoms with Crippen LogP contribution < -0.4 is 5.32 Å². The van der Waals surface area contributed by atoms with Crippen molar-refractivity contribution in [2.24, 2.45) is 0 Å². The molecule has 0 aliphatic carbocycles. The highest BCUT2D eigenvalue weighted by atomic mass is 16.2. The summed E-state index contributed by atoms with van der Waals surface area (Å²) in [5.41, 5.74) is 2.65. The first kappa shape index (κ1) is 17.1. The average molecular weight is 360 g/mol. The van der Waals surface area contributed by atoms with Crippen LogP contribution in [0, 0.1) is 6.92 Å². The Labute approximate surface area is 157 Å². The summed E-state index contributed by atoms with van der Waals surface area (Å²) in [5.74, 6) is 1.43. The van der Waals surface area contributed by atoms with Gasteiger partial charge in [0, 0.05) is 43.8 Å². The lowest BCUT2D eigenvalue weighted by molar-refractivity contribution is 0.0790. The second-order valence-corrected chi connectivity index (χ2v) is 6.63. The summed E-state index contributed by atoms with van der Waals surface area (Å²) in [7, 11) is 0. The molecular weight excluding hydrogens is 340 g/mol. The van der Waals surface area contributed by atoms with E-state index in [1.807, 2.05) is 30.0 Å². The van der Waals surface area contributed by atoms with Gasteiger partial charge in [-0.3, -0.25) is 9.78 Å². The van der Waals surface area contributed by atoms with Crippen molar-refractivity contribution >= 4 is 17.7 Å². The van der Waals surface area contributed by atoms with Crippen LogP contribution in [0.25, 0.3) is 0 Å². The Balaban J connectivity index is 1.45. The number of aromatic nitrogens is 4. The molecule has 7 heteroatoms. The highest BCUT2D eigenvalue weighted by molar-refractivity contribution is 5.94. The topological polar surface area (TPSA) is 83.9 Å². The molecule has 1 saturated heterocycles. The zero-order valence-electron chi connectivity index (χ0n) is 15.0. The lowest BCUT2D eigenvalue weighted by Crippen LogP contribution is -2.28. The minimum atomic E-state index is 0.0156. The molecule has 4 rings (SSSR count). The molecule has 1 aliphatic rings. The van der Waals surface area contributed by atoms with Gasteiger partial charge >= 0.3 is 0 Å². The summed E-state index contributed by atoms with van der Waals surface area (Å²) in [6.07, 6.45) is 7.69. The molecular formula is C20H20N6O. The van der Waals surface area contributed by atoms with Gasteiger partial charge in [0.05, 0.1) is 11.3 Å². The number of hydrogen-bond donors (Lipinski definition) is 1. The number of likely N-dealkylation sites (tertiary alicyclic amines) is 1. The molecule has 1 aliphatic heterocycles.